The van der Waals surface area contributed by atoms with Gasteiger partial charge in [0.2, 0.25) is 5.56 Å². The Morgan fingerprint density at radius 1 is 1.17 bits per heavy atom. The first kappa shape index (κ1) is 15.5. The van der Waals surface area contributed by atoms with Crippen LogP contribution >= 0.6 is 11.3 Å². The number of carbonyl (C=O) groups is 1. The predicted molar refractivity (Wildman–Crippen MR) is 95.5 cm³/mol. The molecule has 0 saturated heterocycles. The minimum absolute atomic E-state index is 0.131. The summed E-state index contributed by atoms with van der Waals surface area (Å²) in [4.78, 5) is 27.6. The van der Waals surface area contributed by atoms with E-state index in [0.717, 1.165) is 16.5 Å². The van der Waals surface area contributed by atoms with E-state index in [1.54, 1.807) is 18.2 Å². The highest BCUT2D eigenvalue weighted by Gasteiger charge is 2.18. The second-order valence-electron chi connectivity index (χ2n) is 6.49. The first-order valence-corrected chi connectivity index (χ1v) is 8.25. The number of hydrogen-bond donors (Lipinski definition) is 2. The zero-order chi connectivity index (χ0) is 16.6. The number of H-pyrrole nitrogens is 1. The number of hydrogen-bond acceptors (Lipinski definition) is 3. The molecule has 0 aliphatic rings. The van der Waals surface area contributed by atoms with Crippen molar-refractivity contribution >= 4 is 33.8 Å². The van der Waals surface area contributed by atoms with Crippen molar-refractivity contribution in [2.24, 2.45) is 0 Å². The highest BCUT2D eigenvalue weighted by molar-refractivity contribution is 7.12. The Hall–Kier alpha value is -2.40. The van der Waals surface area contributed by atoms with E-state index in [2.05, 4.69) is 31.1 Å². The molecule has 0 unspecified atom stereocenters. The molecule has 5 heteroatoms. The quantitative estimate of drug-likeness (QED) is 0.743. The van der Waals surface area contributed by atoms with E-state index in [1.807, 2.05) is 23.6 Å². The fourth-order valence-electron chi connectivity index (χ4n) is 2.56. The molecule has 2 N–H and O–H groups in total. The zero-order valence-corrected chi connectivity index (χ0v) is 14.1. The molecule has 23 heavy (non-hydrogen) atoms. The zero-order valence-electron chi connectivity index (χ0n) is 13.3. The topological polar surface area (TPSA) is 62.0 Å². The molecule has 1 aromatic carbocycles. The van der Waals surface area contributed by atoms with Crippen molar-refractivity contribution in [2.45, 2.75) is 26.2 Å². The number of aromatic nitrogens is 1. The average molecular weight is 326 g/mol. The van der Waals surface area contributed by atoms with Gasteiger partial charge in [-0.15, -0.1) is 11.3 Å². The molecule has 3 aromatic rings. The van der Waals surface area contributed by atoms with Gasteiger partial charge in [-0.2, -0.15) is 0 Å². The second-order valence-corrected chi connectivity index (χ2v) is 7.44. The first-order chi connectivity index (χ1) is 10.8. The number of amides is 1. The summed E-state index contributed by atoms with van der Waals surface area (Å²) < 4.78 is 0. The molecular formula is C18H18N2O2S. The van der Waals surface area contributed by atoms with E-state index >= 15 is 0 Å². The Morgan fingerprint density at radius 2 is 1.96 bits per heavy atom. The minimum Gasteiger partial charge on any atom is -0.322 e. The molecule has 0 aliphatic carbocycles. The summed E-state index contributed by atoms with van der Waals surface area (Å²) in [6, 6.07) is 10.9. The SMILES string of the molecule is CC(C)(C)c1cc(=O)[nH]c2cc(NC(=O)c3cccs3)ccc12. The van der Waals surface area contributed by atoms with Crippen molar-refractivity contribution in [1.29, 1.82) is 0 Å². The van der Waals surface area contributed by atoms with Crippen LogP contribution in [0.4, 0.5) is 5.69 Å². The fourth-order valence-corrected chi connectivity index (χ4v) is 3.18. The highest BCUT2D eigenvalue weighted by atomic mass is 32.1. The average Bonchev–Trinajstić information content (AvgIpc) is 2.99. The summed E-state index contributed by atoms with van der Waals surface area (Å²) in [5.74, 6) is -0.145. The largest absolute Gasteiger partial charge is 0.322 e. The third-order valence-corrected chi connectivity index (χ3v) is 4.52. The van der Waals surface area contributed by atoms with Gasteiger partial charge in [0.15, 0.2) is 0 Å². The smallest absolute Gasteiger partial charge is 0.265 e. The number of carbonyl (C=O) groups excluding carboxylic acids is 1. The maximum atomic E-state index is 12.1. The molecule has 0 saturated carbocycles. The van der Waals surface area contributed by atoms with Crippen molar-refractivity contribution in [1.82, 2.24) is 4.98 Å². The lowest BCUT2D eigenvalue weighted by Crippen LogP contribution is -2.17. The van der Waals surface area contributed by atoms with Gasteiger partial charge in [-0.1, -0.05) is 32.9 Å². The maximum absolute atomic E-state index is 12.1. The number of thiophene rings is 1. The standard InChI is InChI=1S/C18H18N2O2S/c1-18(2,3)13-10-16(21)20-14-9-11(6-7-12(13)14)19-17(22)15-5-4-8-23-15/h4-10H,1-3H3,(H,19,22)(H,20,21). The Bertz CT molecular complexity index is 918. The molecule has 0 atom stereocenters. The minimum atomic E-state index is -0.145. The van der Waals surface area contributed by atoms with E-state index in [0.29, 0.717) is 10.6 Å². The van der Waals surface area contributed by atoms with Gasteiger partial charge < -0.3 is 10.3 Å². The first-order valence-electron chi connectivity index (χ1n) is 7.37. The van der Waals surface area contributed by atoms with Gasteiger partial charge in [0.25, 0.3) is 5.91 Å². The molecular weight excluding hydrogens is 308 g/mol. The summed E-state index contributed by atoms with van der Waals surface area (Å²) in [5.41, 5.74) is 2.12. The molecule has 4 nitrogen and oxygen atoms in total. The molecule has 2 heterocycles. The molecule has 0 fully saturated rings. The lowest BCUT2D eigenvalue weighted by atomic mass is 9.85. The lowest BCUT2D eigenvalue weighted by Gasteiger charge is -2.21. The molecule has 0 radical (unpaired) electrons. The van der Waals surface area contributed by atoms with Gasteiger partial charge in [0.05, 0.1) is 10.4 Å². The van der Waals surface area contributed by atoms with E-state index < -0.39 is 0 Å². The molecule has 118 valence electrons. The molecule has 1 amide bonds. The van der Waals surface area contributed by atoms with Crippen molar-refractivity contribution in [3.63, 3.8) is 0 Å². The lowest BCUT2D eigenvalue weighted by molar-refractivity contribution is 0.103. The summed E-state index contributed by atoms with van der Waals surface area (Å²) in [6.45, 7) is 6.23. The summed E-state index contributed by atoms with van der Waals surface area (Å²) in [6.07, 6.45) is 0. The third kappa shape index (κ3) is 3.19. The van der Waals surface area contributed by atoms with Crippen LogP contribution in [0.3, 0.4) is 0 Å². The Balaban J connectivity index is 2.03. The van der Waals surface area contributed by atoms with Crippen LogP contribution in [0.25, 0.3) is 10.9 Å². The number of pyridine rings is 1. The van der Waals surface area contributed by atoms with Gasteiger partial charge in [-0.05, 0) is 34.6 Å². The van der Waals surface area contributed by atoms with Crippen molar-refractivity contribution < 1.29 is 4.79 Å². The molecule has 3 rings (SSSR count). The van der Waals surface area contributed by atoms with Gasteiger partial charge in [-0.3, -0.25) is 9.59 Å². The van der Waals surface area contributed by atoms with Crippen molar-refractivity contribution in [2.75, 3.05) is 5.32 Å². The summed E-state index contributed by atoms with van der Waals surface area (Å²) >= 11 is 1.39. The molecule has 0 bridgehead atoms. The van der Waals surface area contributed by atoms with E-state index in [-0.39, 0.29) is 16.9 Å². The second kappa shape index (κ2) is 5.66. The number of rotatable bonds is 2. The Kier molecular flexibility index (Phi) is 3.82. The van der Waals surface area contributed by atoms with Gasteiger partial charge in [0.1, 0.15) is 0 Å². The number of fused-ring (bicyclic) bond motifs is 1. The van der Waals surface area contributed by atoms with Crippen LogP contribution < -0.4 is 10.9 Å². The van der Waals surface area contributed by atoms with Gasteiger partial charge in [0, 0.05) is 17.1 Å². The monoisotopic (exact) mass is 326 g/mol. The van der Waals surface area contributed by atoms with Gasteiger partial charge in [-0.25, -0.2) is 0 Å². The number of nitrogens with one attached hydrogen (secondary N) is 2. The number of benzene rings is 1. The van der Waals surface area contributed by atoms with Crippen LogP contribution in [0.2, 0.25) is 0 Å². The summed E-state index contributed by atoms with van der Waals surface area (Å²) in [5, 5.41) is 5.72. The molecule has 0 spiro atoms. The fraction of sp³-hybridized carbons (Fsp3) is 0.222. The highest BCUT2D eigenvalue weighted by Crippen LogP contribution is 2.29. The van der Waals surface area contributed by atoms with E-state index in [4.69, 9.17) is 0 Å². The van der Waals surface area contributed by atoms with Crippen LogP contribution in [0.1, 0.15) is 36.0 Å². The molecule has 0 aliphatic heterocycles. The van der Waals surface area contributed by atoms with Crippen LogP contribution in [0.5, 0.6) is 0 Å². The maximum Gasteiger partial charge on any atom is 0.265 e. The summed E-state index contributed by atoms with van der Waals surface area (Å²) in [7, 11) is 0. The van der Waals surface area contributed by atoms with Crippen molar-refractivity contribution in [3.05, 3.63) is 62.6 Å². The normalized spacial score (nSPS) is 11.6. The van der Waals surface area contributed by atoms with Crippen LogP contribution in [0.15, 0.2) is 46.6 Å². The van der Waals surface area contributed by atoms with E-state index in [9.17, 15) is 9.59 Å². The number of anilines is 1. The third-order valence-electron chi connectivity index (χ3n) is 3.65. The van der Waals surface area contributed by atoms with Gasteiger partial charge >= 0.3 is 0 Å². The van der Waals surface area contributed by atoms with Crippen molar-refractivity contribution in [3.8, 4) is 0 Å². The molecule has 2 aromatic heterocycles. The number of aromatic amines is 1. The predicted octanol–water partition coefficient (Wildman–Crippen LogP) is 4.14. The Labute approximate surface area is 138 Å². The Morgan fingerprint density at radius 3 is 2.61 bits per heavy atom. The van der Waals surface area contributed by atoms with Crippen LogP contribution in [-0.4, -0.2) is 10.9 Å². The van der Waals surface area contributed by atoms with E-state index in [1.165, 1.54) is 11.3 Å². The van der Waals surface area contributed by atoms with Crippen LogP contribution in [0, 0.1) is 0 Å². The van der Waals surface area contributed by atoms with Crippen LogP contribution in [-0.2, 0) is 5.41 Å².